The van der Waals surface area contributed by atoms with Gasteiger partial charge in [0.1, 0.15) is 0 Å². The monoisotopic (exact) mass is 318 g/mol. The van der Waals surface area contributed by atoms with Crippen LogP contribution in [-0.4, -0.2) is 24.5 Å². The lowest BCUT2D eigenvalue weighted by atomic mass is 9.78. The Bertz CT molecular complexity index is 581. The zero-order chi connectivity index (χ0) is 16.8. The second kappa shape index (κ2) is 7.76. The molecule has 1 N–H and O–H groups in total. The number of carbonyl (C=O) groups excluding carboxylic acids is 3. The lowest BCUT2D eigenvalue weighted by Crippen LogP contribution is -2.42. The van der Waals surface area contributed by atoms with Crippen LogP contribution in [-0.2, 0) is 14.3 Å². The number of nitrogens with one attached hydrogen (secondary N) is 1. The summed E-state index contributed by atoms with van der Waals surface area (Å²) in [6, 6.07) is 6.32. The van der Waals surface area contributed by atoms with Gasteiger partial charge in [0.25, 0.3) is 0 Å². The number of amides is 1. The van der Waals surface area contributed by atoms with E-state index in [1.54, 1.807) is 31.2 Å². The predicted molar refractivity (Wildman–Crippen MR) is 81.5 cm³/mol. The lowest BCUT2D eigenvalue weighted by Gasteiger charge is -2.31. The van der Waals surface area contributed by atoms with E-state index in [0.717, 1.165) is 12.8 Å². The van der Waals surface area contributed by atoms with E-state index in [1.165, 1.54) is 0 Å². The number of carboxylic acid groups (broad SMARTS) is 1. The van der Waals surface area contributed by atoms with Crippen molar-refractivity contribution in [3.63, 3.8) is 0 Å². The summed E-state index contributed by atoms with van der Waals surface area (Å²) in [5.74, 6) is -3.21. The van der Waals surface area contributed by atoms with Crippen LogP contribution in [0.4, 0.5) is 5.69 Å². The summed E-state index contributed by atoms with van der Waals surface area (Å²) in [5.41, 5.74) is 0.917. The number of carbonyl (C=O) groups is 3. The number of hydrogen-bond acceptors (Lipinski definition) is 5. The fourth-order valence-electron chi connectivity index (χ4n) is 2.87. The van der Waals surface area contributed by atoms with Crippen molar-refractivity contribution in [1.82, 2.24) is 0 Å². The third-order valence-corrected chi connectivity index (χ3v) is 4.07. The van der Waals surface area contributed by atoms with Gasteiger partial charge < -0.3 is 20.0 Å². The Balaban J connectivity index is 2.02. The van der Waals surface area contributed by atoms with Crippen LogP contribution in [0.15, 0.2) is 24.3 Å². The van der Waals surface area contributed by atoms with Gasteiger partial charge in [0, 0.05) is 23.5 Å². The van der Waals surface area contributed by atoms with Crippen molar-refractivity contribution in [1.29, 1.82) is 0 Å². The van der Waals surface area contributed by atoms with Gasteiger partial charge in [-0.2, -0.15) is 0 Å². The van der Waals surface area contributed by atoms with Crippen LogP contribution >= 0.6 is 0 Å². The molecule has 0 saturated heterocycles. The van der Waals surface area contributed by atoms with Gasteiger partial charge in [-0.3, -0.25) is 4.79 Å². The molecule has 0 aromatic heterocycles. The standard InChI is InChI=1S/C17H21NO5/c1-2-23-17(22)11-7-9-12(10-8-11)18-15(19)13-5-3-4-6-14(13)16(20)21/h7-10,13-14H,2-6H2,1H3,(H,18,19)(H,20,21)/p-1/t13-,14-/m1/s1. The molecule has 2 rings (SSSR count). The first-order valence-corrected chi connectivity index (χ1v) is 7.81. The number of aliphatic carboxylic acids is 1. The molecule has 1 saturated carbocycles. The summed E-state index contributed by atoms with van der Waals surface area (Å²) in [4.78, 5) is 35.0. The molecule has 0 radical (unpaired) electrons. The van der Waals surface area contributed by atoms with Crippen LogP contribution in [0.2, 0.25) is 0 Å². The van der Waals surface area contributed by atoms with Gasteiger partial charge in [0.2, 0.25) is 5.91 Å². The highest BCUT2D eigenvalue weighted by molar-refractivity contribution is 5.96. The topological polar surface area (TPSA) is 95.5 Å². The molecular weight excluding hydrogens is 298 g/mol. The minimum Gasteiger partial charge on any atom is -0.550 e. The van der Waals surface area contributed by atoms with Crippen LogP contribution in [0.25, 0.3) is 0 Å². The smallest absolute Gasteiger partial charge is 0.338 e. The molecule has 1 aliphatic rings. The van der Waals surface area contributed by atoms with Gasteiger partial charge in [-0.1, -0.05) is 12.8 Å². The molecule has 1 fully saturated rings. The highest BCUT2D eigenvalue weighted by atomic mass is 16.5. The number of anilines is 1. The van der Waals surface area contributed by atoms with Crippen molar-refractivity contribution in [2.75, 3.05) is 11.9 Å². The average molecular weight is 318 g/mol. The predicted octanol–water partition coefficient (Wildman–Crippen LogP) is 1.36. The molecule has 23 heavy (non-hydrogen) atoms. The fraction of sp³-hybridized carbons (Fsp3) is 0.471. The number of hydrogen-bond donors (Lipinski definition) is 1. The quantitative estimate of drug-likeness (QED) is 0.827. The summed E-state index contributed by atoms with van der Waals surface area (Å²) in [5, 5.41) is 13.9. The average Bonchev–Trinajstić information content (AvgIpc) is 2.55. The number of esters is 1. The minimum atomic E-state index is -1.16. The van der Waals surface area contributed by atoms with E-state index in [2.05, 4.69) is 5.32 Å². The maximum atomic E-state index is 12.3. The molecule has 2 atom stereocenters. The van der Waals surface area contributed by atoms with E-state index in [4.69, 9.17) is 4.74 Å². The summed E-state index contributed by atoms with van der Waals surface area (Å²) < 4.78 is 4.89. The third-order valence-electron chi connectivity index (χ3n) is 4.07. The Kier molecular flexibility index (Phi) is 5.73. The van der Waals surface area contributed by atoms with Gasteiger partial charge in [-0.15, -0.1) is 0 Å². The van der Waals surface area contributed by atoms with Crippen LogP contribution < -0.4 is 10.4 Å². The molecule has 124 valence electrons. The highest BCUT2D eigenvalue weighted by Crippen LogP contribution is 2.30. The molecule has 1 amide bonds. The second-order valence-corrected chi connectivity index (χ2v) is 5.60. The molecule has 1 aromatic rings. The molecule has 6 nitrogen and oxygen atoms in total. The van der Waals surface area contributed by atoms with Crippen LogP contribution in [0, 0.1) is 11.8 Å². The summed E-state index contributed by atoms with van der Waals surface area (Å²) >= 11 is 0. The Morgan fingerprint density at radius 3 is 2.30 bits per heavy atom. The van der Waals surface area contributed by atoms with E-state index < -0.39 is 23.8 Å². The molecule has 1 aromatic carbocycles. The third kappa shape index (κ3) is 4.31. The maximum absolute atomic E-state index is 12.3. The lowest BCUT2D eigenvalue weighted by molar-refractivity contribution is -0.313. The second-order valence-electron chi connectivity index (χ2n) is 5.60. The normalized spacial score (nSPS) is 20.6. The van der Waals surface area contributed by atoms with Gasteiger partial charge in [-0.05, 0) is 44.0 Å². The van der Waals surface area contributed by atoms with E-state index in [0.29, 0.717) is 30.7 Å². The van der Waals surface area contributed by atoms with Crippen molar-refractivity contribution < 1.29 is 24.2 Å². The Hall–Kier alpha value is -2.37. The number of ether oxygens (including phenoxy) is 1. The van der Waals surface area contributed by atoms with Crippen LogP contribution in [0.5, 0.6) is 0 Å². The Morgan fingerprint density at radius 1 is 1.13 bits per heavy atom. The largest absolute Gasteiger partial charge is 0.550 e. The van der Waals surface area contributed by atoms with Crippen LogP contribution in [0.1, 0.15) is 43.0 Å². The van der Waals surface area contributed by atoms with E-state index in [-0.39, 0.29) is 5.91 Å². The first kappa shape index (κ1) is 17.0. The van der Waals surface area contributed by atoms with Gasteiger partial charge >= 0.3 is 5.97 Å². The molecule has 1 aliphatic carbocycles. The molecular formula is C17H20NO5-. The molecule has 0 spiro atoms. The summed E-state index contributed by atoms with van der Waals surface area (Å²) in [7, 11) is 0. The number of benzene rings is 1. The number of carboxylic acids is 1. The molecule has 0 heterocycles. The molecule has 0 bridgehead atoms. The SMILES string of the molecule is CCOC(=O)c1ccc(NC(=O)[C@@H]2CCCC[C@H]2C(=O)[O-])cc1. The van der Waals surface area contributed by atoms with Crippen LogP contribution in [0.3, 0.4) is 0 Å². The zero-order valence-electron chi connectivity index (χ0n) is 13.0. The highest BCUT2D eigenvalue weighted by Gasteiger charge is 2.31. The molecule has 0 aliphatic heterocycles. The van der Waals surface area contributed by atoms with Crippen molar-refractivity contribution in [3.05, 3.63) is 29.8 Å². The number of rotatable bonds is 5. The Morgan fingerprint density at radius 2 is 1.74 bits per heavy atom. The van der Waals surface area contributed by atoms with Gasteiger partial charge in [0.05, 0.1) is 12.2 Å². The minimum absolute atomic E-state index is 0.295. The van der Waals surface area contributed by atoms with Crippen molar-refractivity contribution in [3.8, 4) is 0 Å². The summed E-state index contributed by atoms with van der Waals surface area (Å²) in [6.45, 7) is 2.02. The van der Waals surface area contributed by atoms with Crippen molar-refractivity contribution in [2.24, 2.45) is 11.8 Å². The Labute approximate surface area is 134 Å². The fourth-order valence-corrected chi connectivity index (χ4v) is 2.87. The van der Waals surface area contributed by atoms with E-state index in [1.807, 2.05) is 0 Å². The van der Waals surface area contributed by atoms with Gasteiger partial charge in [0.15, 0.2) is 0 Å². The summed E-state index contributed by atoms with van der Waals surface area (Å²) in [6.07, 6.45) is 2.66. The molecule has 0 unspecified atom stereocenters. The first-order chi connectivity index (χ1) is 11.0. The van der Waals surface area contributed by atoms with Crippen molar-refractivity contribution in [2.45, 2.75) is 32.6 Å². The maximum Gasteiger partial charge on any atom is 0.338 e. The zero-order valence-corrected chi connectivity index (χ0v) is 13.0. The van der Waals surface area contributed by atoms with E-state index in [9.17, 15) is 19.5 Å². The first-order valence-electron chi connectivity index (χ1n) is 7.81. The van der Waals surface area contributed by atoms with Gasteiger partial charge in [-0.25, -0.2) is 4.79 Å². The van der Waals surface area contributed by atoms with Crippen molar-refractivity contribution >= 4 is 23.5 Å². The van der Waals surface area contributed by atoms with E-state index >= 15 is 0 Å². The molecule has 6 heteroatoms.